The molecule has 0 aromatic carbocycles. The van der Waals surface area contributed by atoms with Gasteiger partial charge in [0.15, 0.2) is 0 Å². The average molecular weight is 123 g/mol. The van der Waals surface area contributed by atoms with Gasteiger partial charge in [0.05, 0.1) is 0 Å². The van der Waals surface area contributed by atoms with Crippen LogP contribution < -0.4 is 0 Å². The van der Waals surface area contributed by atoms with Gasteiger partial charge in [0.2, 0.25) is 5.78 Å². The summed E-state index contributed by atoms with van der Waals surface area (Å²) in [5.41, 5.74) is 0. The summed E-state index contributed by atoms with van der Waals surface area (Å²) in [6, 6.07) is -0.498. The second-order valence-electron chi connectivity index (χ2n) is 1.78. The molecule has 1 unspecified atom stereocenters. The van der Waals surface area contributed by atoms with Crippen LogP contribution in [0.15, 0.2) is 12.7 Å². The van der Waals surface area contributed by atoms with Crippen molar-refractivity contribution in [2.24, 2.45) is 0 Å². The van der Waals surface area contributed by atoms with Crippen LogP contribution in [0.5, 0.6) is 0 Å². The van der Waals surface area contributed by atoms with Gasteiger partial charge in [-0.3, -0.25) is 4.79 Å². The normalized spacial score (nSPS) is 11.6. The van der Waals surface area contributed by atoms with Gasteiger partial charge in [0.1, 0.15) is 0 Å². The average Bonchev–Trinajstić information content (AvgIpc) is 1.82. The summed E-state index contributed by atoms with van der Waals surface area (Å²) in [5, 5.41) is 0. The fourth-order valence-electron chi connectivity index (χ4n) is 0.467. The third-order valence-electron chi connectivity index (χ3n) is 1.02. The van der Waals surface area contributed by atoms with Crippen LogP contribution in [-0.2, 0) is 4.79 Å². The molecule has 0 aliphatic rings. The van der Waals surface area contributed by atoms with E-state index in [-0.39, 0.29) is 5.78 Å². The van der Waals surface area contributed by atoms with E-state index in [9.17, 15) is 4.79 Å². The molecule has 0 radical (unpaired) electrons. The highest BCUT2D eigenvalue weighted by Gasteiger charge is 2.14. The molecule has 0 fully saturated rings. The topological polar surface area (TPSA) is 21.4 Å². The molecule has 48 valence electrons. The van der Waals surface area contributed by atoms with E-state index in [1.807, 2.05) is 0 Å². The number of rotatable bonds is 3. The van der Waals surface area contributed by atoms with Crippen LogP contribution >= 0.6 is 0 Å². The number of carbonyl (C=O) groups is 1. The highest BCUT2D eigenvalue weighted by atomic mass is 16.1. The minimum Gasteiger partial charge on any atom is -0.305 e. The summed E-state index contributed by atoms with van der Waals surface area (Å²) in [4.78, 5) is 13.6. The first-order valence-corrected chi connectivity index (χ1v) is 2.70. The molecule has 0 saturated heterocycles. The fourth-order valence-corrected chi connectivity index (χ4v) is 0.467. The number of Topliss-reactive ketones (excluding diaryl/α,β-unsaturated/α-hetero) is 1. The molecule has 2 heteroatoms. The van der Waals surface area contributed by atoms with Crippen molar-refractivity contribution >= 4 is 5.78 Å². The Labute approximate surface area is 55.0 Å². The molecule has 0 rings (SSSR count). The van der Waals surface area contributed by atoms with E-state index in [0.29, 0.717) is 6.42 Å². The van der Waals surface area contributed by atoms with Gasteiger partial charge in [0.25, 0.3) is 6.04 Å². The van der Waals surface area contributed by atoms with Gasteiger partial charge in [-0.05, 0) is 0 Å². The zero-order chi connectivity index (χ0) is 7.28. The van der Waals surface area contributed by atoms with E-state index in [2.05, 4.69) is 11.4 Å². The van der Waals surface area contributed by atoms with Crippen molar-refractivity contribution in [1.29, 1.82) is 0 Å². The smallest absolute Gasteiger partial charge is 0.283 e. The maximum absolute atomic E-state index is 10.5. The minimum absolute atomic E-state index is 0.0788. The maximum Gasteiger partial charge on any atom is 0.283 e. The van der Waals surface area contributed by atoms with Crippen molar-refractivity contribution in [3.05, 3.63) is 24.1 Å². The molecule has 0 heterocycles. The summed E-state index contributed by atoms with van der Waals surface area (Å²) in [6.45, 7) is 11.4. The van der Waals surface area contributed by atoms with Gasteiger partial charge in [0, 0.05) is 13.3 Å². The quantitative estimate of drug-likeness (QED) is 0.411. The van der Waals surface area contributed by atoms with Crippen molar-refractivity contribution < 1.29 is 4.79 Å². The van der Waals surface area contributed by atoms with Gasteiger partial charge in [-0.15, -0.1) is 6.58 Å². The number of nitrogens with zero attached hydrogens (tertiary/aromatic N) is 1. The lowest BCUT2D eigenvalue weighted by molar-refractivity contribution is -0.117. The minimum atomic E-state index is -0.498. The Morgan fingerprint density at radius 2 is 2.56 bits per heavy atom. The van der Waals surface area contributed by atoms with Gasteiger partial charge >= 0.3 is 0 Å². The van der Waals surface area contributed by atoms with Crippen LogP contribution in [0.3, 0.4) is 0 Å². The van der Waals surface area contributed by atoms with Crippen molar-refractivity contribution in [2.75, 3.05) is 0 Å². The maximum atomic E-state index is 10.5. The van der Waals surface area contributed by atoms with Crippen molar-refractivity contribution in [1.82, 2.24) is 0 Å². The van der Waals surface area contributed by atoms with E-state index >= 15 is 0 Å². The highest BCUT2D eigenvalue weighted by molar-refractivity contribution is 5.83. The number of hydrogen-bond donors (Lipinski definition) is 0. The van der Waals surface area contributed by atoms with E-state index < -0.39 is 6.04 Å². The first-order valence-electron chi connectivity index (χ1n) is 2.70. The summed E-state index contributed by atoms with van der Waals surface area (Å²) >= 11 is 0. The largest absolute Gasteiger partial charge is 0.305 e. The Hall–Kier alpha value is -1.10. The van der Waals surface area contributed by atoms with E-state index in [4.69, 9.17) is 6.57 Å². The van der Waals surface area contributed by atoms with Gasteiger partial charge < -0.3 is 4.85 Å². The molecule has 0 aromatic rings. The Kier molecular flexibility index (Phi) is 3.38. The van der Waals surface area contributed by atoms with E-state index in [1.165, 1.54) is 6.92 Å². The standard InChI is InChI=1S/C7H9NO/c1-4-5-7(8-3)6(2)9/h4,7H,1,5H2,2H3. The second kappa shape index (κ2) is 3.85. The molecule has 2 nitrogen and oxygen atoms in total. The first-order chi connectivity index (χ1) is 4.22. The summed E-state index contributed by atoms with van der Waals surface area (Å²) in [5.74, 6) is -0.0788. The molecule has 9 heavy (non-hydrogen) atoms. The molecule has 0 bridgehead atoms. The zero-order valence-electron chi connectivity index (χ0n) is 5.42. The molecule has 0 aromatic heterocycles. The molecular formula is C7H9NO. The molecule has 1 atom stereocenters. The Morgan fingerprint density at radius 1 is 2.00 bits per heavy atom. The Morgan fingerprint density at radius 3 is 2.67 bits per heavy atom. The summed E-state index contributed by atoms with van der Waals surface area (Å²) in [7, 11) is 0. The van der Waals surface area contributed by atoms with Gasteiger partial charge in [-0.1, -0.05) is 6.08 Å². The van der Waals surface area contributed by atoms with Gasteiger partial charge in [-0.25, -0.2) is 6.57 Å². The van der Waals surface area contributed by atoms with Crippen molar-refractivity contribution in [2.45, 2.75) is 19.4 Å². The van der Waals surface area contributed by atoms with Gasteiger partial charge in [-0.2, -0.15) is 0 Å². The third kappa shape index (κ3) is 2.65. The first kappa shape index (κ1) is 7.90. The zero-order valence-corrected chi connectivity index (χ0v) is 5.42. The molecule has 0 aliphatic heterocycles. The van der Waals surface area contributed by atoms with Crippen molar-refractivity contribution in [3.63, 3.8) is 0 Å². The SMILES string of the molecule is [C-]#[N+]C(CC=C)C(C)=O. The number of carbonyl (C=O) groups excluding carboxylic acids is 1. The predicted octanol–water partition coefficient (Wildman–Crippen LogP) is 1.44. The molecular weight excluding hydrogens is 114 g/mol. The molecule has 0 amide bonds. The Balaban J connectivity index is 3.86. The van der Waals surface area contributed by atoms with Crippen LogP contribution in [0.4, 0.5) is 0 Å². The fraction of sp³-hybridized carbons (Fsp3) is 0.429. The Bertz CT molecular complexity index is 155. The monoisotopic (exact) mass is 123 g/mol. The van der Waals surface area contributed by atoms with Crippen LogP contribution in [-0.4, -0.2) is 11.8 Å². The summed E-state index contributed by atoms with van der Waals surface area (Å²) < 4.78 is 0. The lowest BCUT2D eigenvalue weighted by Gasteiger charge is -1.93. The summed E-state index contributed by atoms with van der Waals surface area (Å²) in [6.07, 6.45) is 2.06. The van der Waals surface area contributed by atoms with Crippen LogP contribution in [0.25, 0.3) is 4.85 Å². The van der Waals surface area contributed by atoms with Crippen LogP contribution in [0.1, 0.15) is 13.3 Å². The molecule has 0 saturated carbocycles. The van der Waals surface area contributed by atoms with E-state index in [1.54, 1.807) is 6.08 Å². The lowest BCUT2D eigenvalue weighted by Crippen LogP contribution is -2.11. The molecule has 0 N–H and O–H groups in total. The highest BCUT2D eigenvalue weighted by Crippen LogP contribution is 1.98. The lowest BCUT2D eigenvalue weighted by atomic mass is 10.1. The van der Waals surface area contributed by atoms with E-state index in [0.717, 1.165) is 0 Å². The number of hydrogen-bond acceptors (Lipinski definition) is 1. The predicted molar refractivity (Wildman–Crippen MR) is 35.9 cm³/mol. The number of ketones is 1. The second-order valence-corrected chi connectivity index (χ2v) is 1.78. The molecule has 0 aliphatic carbocycles. The van der Waals surface area contributed by atoms with Crippen LogP contribution in [0.2, 0.25) is 0 Å². The third-order valence-corrected chi connectivity index (χ3v) is 1.02. The van der Waals surface area contributed by atoms with Crippen LogP contribution in [0, 0.1) is 6.57 Å². The molecule has 0 spiro atoms. The van der Waals surface area contributed by atoms with Crippen molar-refractivity contribution in [3.8, 4) is 0 Å².